The van der Waals surface area contributed by atoms with Crippen LogP contribution in [0, 0.1) is 5.41 Å². The molecule has 2 heterocycles. The van der Waals surface area contributed by atoms with Gasteiger partial charge in [-0.15, -0.1) is 11.3 Å². The number of halogens is 1. The summed E-state index contributed by atoms with van der Waals surface area (Å²) in [5, 5.41) is 5.94. The van der Waals surface area contributed by atoms with Crippen molar-refractivity contribution in [1.29, 1.82) is 0 Å². The van der Waals surface area contributed by atoms with Crippen molar-refractivity contribution in [3.05, 3.63) is 21.8 Å². The van der Waals surface area contributed by atoms with E-state index in [-0.39, 0.29) is 11.5 Å². The van der Waals surface area contributed by atoms with Gasteiger partial charge in [-0.1, -0.05) is 25.9 Å². The third-order valence-electron chi connectivity index (χ3n) is 2.43. The number of nitrogens with two attached hydrogens (primary N) is 1. The van der Waals surface area contributed by atoms with Crippen LogP contribution in [-0.2, 0) is 0 Å². The standard InChI is InChI=1S/C11H14BrN3OS/c1-11(2,3)8(13)10-14-9(15-16-10)7-4-6(12)5-17-7/h4-5,8H,13H2,1-3H3/t8-/m0/s1. The van der Waals surface area contributed by atoms with Gasteiger partial charge in [0.1, 0.15) is 0 Å². The van der Waals surface area contributed by atoms with Gasteiger partial charge < -0.3 is 10.3 Å². The second-order valence-electron chi connectivity index (χ2n) is 4.93. The highest BCUT2D eigenvalue weighted by Crippen LogP contribution is 2.32. The van der Waals surface area contributed by atoms with Crippen molar-refractivity contribution in [3.8, 4) is 10.7 Å². The van der Waals surface area contributed by atoms with E-state index in [2.05, 4.69) is 26.1 Å². The minimum atomic E-state index is -0.257. The van der Waals surface area contributed by atoms with Crippen LogP contribution in [0.5, 0.6) is 0 Å². The lowest BCUT2D eigenvalue weighted by atomic mass is 9.87. The van der Waals surface area contributed by atoms with Crippen LogP contribution in [-0.4, -0.2) is 10.1 Å². The van der Waals surface area contributed by atoms with Crippen molar-refractivity contribution in [2.75, 3.05) is 0 Å². The van der Waals surface area contributed by atoms with Gasteiger partial charge in [0.05, 0.1) is 10.9 Å². The Morgan fingerprint density at radius 2 is 2.18 bits per heavy atom. The molecule has 1 atom stereocenters. The zero-order chi connectivity index (χ0) is 12.6. The minimum absolute atomic E-state index is 0.0974. The Labute approximate surface area is 112 Å². The number of nitrogens with zero attached hydrogens (tertiary/aromatic N) is 2. The van der Waals surface area contributed by atoms with Crippen molar-refractivity contribution >= 4 is 27.3 Å². The molecule has 0 aromatic carbocycles. The molecule has 2 rings (SSSR count). The van der Waals surface area contributed by atoms with Gasteiger partial charge in [0.2, 0.25) is 11.7 Å². The summed E-state index contributed by atoms with van der Waals surface area (Å²) in [5.41, 5.74) is 5.97. The molecule has 0 radical (unpaired) electrons. The smallest absolute Gasteiger partial charge is 0.244 e. The lowest BCUT2D eigenvalue weighted by molar-refractivity contribution is 0.253. The van der Waals surface area contributed by atoms with E-state index in [1.807, 2.05) is 32.2 Å². The Kier molecular flexibility index (Phi) is 3.38. The van der Waals surface area contributed by atoms with Crippen LogP contribution in [0.15, 0.2) is 20.4 Å². The maximum absolute atomic E-state index is 6.07. The molecule has 0 saturated heterocycles. The lowest BCUT2D eigenvalue weighted by Crippen LogP contribution is -2.26. The molecule has 0 fully saturated rings. The first-order valence-electron chi connectivity index (χ1n) is 5.21. The molecule has 0 spiro atoms. The Balaban J connectivity index is 2.28. The zero-order valence-corrected chi connectivity index (χ0v) is 12.3. The molecule has 17 heavy (non-hydrogen) atoms. The van der Waals surface area contributed by atoms with Crippen molar-refractivity contribution in [2.24, 2.45) is 11.1 Å². The molecule has 4 nitrogen and oxygen atoms in total. The van der Waals surface area contributed by atoms with Crippen LogP contribution in [0.4, 0.5) is 0 Å². The van der Waals surface area contributed by atoms with Gasteiger partial charge in [-0.2, -0.15) is 4.98 Å². The first kappa shape index (κ1) is 12.7. The van der Waals surface area contributed by atoms with Crippen LogP contribution >= 0.6 is 27.3 Å². The van der Waals surface area contributed by atoms with Gasteiger partial charge in [-0.25, -0.2) is 0 Å². The van der Waals surface area contributed by atoms with Gasteiger partial charge in [0.15, 0.2) is 0 Å². The minimum Gasteiger partial charge on any atom is -0.337 e. The van der Waals surface area contributed by atoms with E-state index in [9.17, 15) is 0 Å². The van der Waals surface area contributed by atoms with Crippen LogP contribution in [0.25, 0.3) is 10.7 Å². The van der Waals surface area contributed by atoms with Gasteiger partial charge in [0.25, 0.3) is 0 Å². The van der Waals surface area contributed by atoms with E-state index in [0.29, 0.717) is 11.7 Å². The first-order valence-corrected chi connectivity index (χ1v) is 6.89. The van der Waals surface area contributed by atoms with E-state index in [1.165, 1.54) is 0 Å². The van der Waals surface area contributed by atoms with Crippen molar-refractivity contribution in [2.45, 2.75) is 26.8 Å². The van der Waals surface area contributed by atoms with Crippen LogP contribution in [0.1, 0.15) is 32.7 Å². The number of thiophene rings is 1. The number of hydrogen-bond acceptors (Lipinski definition) is 5. The molecule has 0 aliphatic rings. The molecule has 0 saturated carbocycles. The fourth-order valence-corrected chi connectivity index (χ4v) is 2.61. The molecular formula is C11H14BrN3OS. The molecule has 2 N–H and O–H groups in total. The van der Waals surface area contributed by atoms with E-state index in [1.54, 1.807) is 11.3 Å². The zero-order valence-electron chi connectivity index (χ0n) is 9.90. The normalized spacial score (nSPS) is 13.9. The maximum atomic E-state index is 6.07. The average Bonchev–Trinajstić information content (AvgIpc) is 2.83. The van der Waals surface area contributed by atoms with Crippen LogP contribution < -0.4 is 5.73 Å². The van der Waals surface area contributed by atoms with E-state index < -0.39 is 0 Å². The molecule has 0 unspecified atom stereocenters. The summed E-state index contributed by atoms with van der Waals surface area (Å²) < 4.78 is 6.24. The molecule has 2 aromatic rings. The van der Waals surface area contributed by atoms with E-state index in [4.69, 9.17) is 10.3 Å². The van der Waals surface area contributed by atoms with Gasteiger partial charge >= 0.3 is 0 Å². The Morgan fingerprint density at radius 1 is 1.47 bits per heavy atom. The second-order valence-corrected chi connectivity index (χ2v) is 6.76. The summed E-state index contributed by atoms with van der Waals surface area (Å²) in [4.78, 5) is 5.31. The summed E-state index contributed by atoms with van der Waals surface area (Å²) in [7, 11) is 0. The molecule has 0 amide bonds. The Morgan fingerprint density at radius 3 is 2.71 bits per heavy atom. The quantitative estimate of drug-likeness (QED) is 0.919. The predicted octanol–water partition coefficient (Wildman–Crippen LogP) is 3.61. The highest BCUT2D eigenvalue weighted by atomic mass is 79.9. The van der Waals surface area contributed by atoms with E-state index in [0.717, 1.165) is 9.35 Å². The fraction of sp³-hybridized carbons (Fsp3) is 0.455. The predicted molar refractivity (Wildman–Crippen MR) is 71.7 cm³/mol. The highest BCUT2D eigenvalue weighted by Gasteiger charge is 2.27. The van der Waals surface area contributed by atoms with Gasteiger partial charge in [0, 0.05) is 9.85 Å². The summed E-state index contributed by atoms with van der Waals surface area (Å²) in [6, 6.07) is 1.70. The summed E-state index contributed by atoms with van der Waals surface area (Å²) in [6.45, 7) is 6.13. The summed E-state index contributed by atoms with van der Waals surface area (Å²) in [5.74, 6) is 1.08. The Hall–Kier alpha value is -0.720. The third kappa shape index (κ3) is 2.75. The monoisotopic (exact) mass is 315 g/mol. The highest BCUT2D eigenvalue weighted by molar-refractivity contribution is 9.10. The van der Waals surface area contributed by atoms with Crippen molar-refractivity contribution in [1.82, 2.24) is 10.1 Å². The molecular weight excluding hydrogens is 302 g/mol. The molecule has 2 aromatic heterocycles. The topological polar surface area (TPSA) is 64.9 Å². The van der Waals surface area contributed by atoms with Crippen molar-refractivity contribution in [3.63, 3.8) is 0 Å². The van der Waals surface area contributed by atoms with Crippen LogP contribution in [0.2, 0.25) is 0 Å². The lowest BCUT2D eigenvalue weighted by Gasteiger charge is -2.23. The molecule has 0 aliphatic carbocycles. The van der Waals surface area contributed by atoms with Crippen LogP contribution in [0.3, 0.4) is 0 Å². The van der Waals surface area contributed by atoms with Crippen molar-refractivity contribution < 1.29 is 4.52 Å². The fourth-order valence-electron chi connectivity index (χ4n) is 1.26. The van der Waals surface area contributed by atoms with Gasteiger partial charge in [-0.3, -0.25) is 0 Å². The number of aromatic nitrogens is 2. The second kappa shape index (κ2) is 4.51. The largest absolute Gasteiger partial charge is 0.337 e. The van der Waals surface area contributed by atoms with E-state index >= 15 is 0 Å². The molecule has 6 heteroatoms. The third-order valence-corrected chi connectivity index (χ3v) is 4.12. The average molecular weight is 316 g/mol. The summed E-state index contributed by atoms with van der Waals surface area (Å²) in [6.07, 6.45) is 0. The van der Waals surface area contributed by atoms with Gasteiger partial charge in [-0.05, 0) is 27.4 Å². The molecule has 0 bridgehead atoms. The maximum Gasteiger partial charge on any atom is 0.244 e. The first-order chi connectivity index (χ1) is 7.88. The Bertz CT molecular complexity index is 515. The molecule has 92 valence electrons. The number of hydrogen-bond donors (Lipinski definition) is 1. The SMILES string of the molecule is CC(C)(C)[C@@H](N)c1nc(-c2cc(Br)cs2)no1. The summed E-state index contributed by atoms with van der Waals surface area (Å²) >= 11 is 4.96. The molecule has 0 aliphatic heterocycles. The number of rotatable bonds is 2.